The van der Waals surface area contributed by atoms with Crippen molar-refractivity contribution < 1.29 is 9.84 Å². The minimum atomic E-state index is -0.0559. The fraction of sp³-hybridized carbons (Fsp3) is 0.600. The van der Waals surface area contributed by atoms with E-state index in [1.165, 1.54) is 6.33 Å². The maximum Gasteiger partial charge on any atom is 0.149 e. The number of morpholine rings is 1. The predicted molar refractivity (Wildman–Crippen MR) is 68.3 cm³/mol. The van der Waals surface area contributed by atoms with Gasteiger partial charge in [0, 0.05) is 13.6 Å². The van der Waals surface area contributed by atoms with E-state index < -0.39 is 0 Å². The summed E-state index contributed by atoms with van der Waals surface area (Å²) in [6.45, 7) is 1.92. The van der Waals surface area contributed by atoms with Crippen LogP contribution in [0.15, 0.2) is 10.8 Å². The average molecular weight is 303 g/mol. The SMILES string of the molecule is CNc1ncnc(N2CCOCC2CO)c1Br. The molecule has 1 unspecified atom stereocenters. The molecular formula is C10H15BrN4O2. The Labute approximate surface area is 108 Å². The third kappa shape index (κ3) is 2.51. The van der Waals surface area contributed by atoms with E-state index in [2.05, 4.69) is 31.2 Å². The summed E-state index contributed by atoms with van der Waals surface area (Å²) in [7, 11) is 1.81. The van der Waals surface area contributed by atoms with E-state index in [9.17, 15) is 5.11 Å². The molecule has 1 aromatic rings. The van der Waals surface area contributed by atoms with Gasteiger partial charge in [-0.05, 0) is 15.9 Å². The highest BCUT2D eigenvalue weighted by Crippen LogP contribution is 2.30. The molecule has 6 nitrogen and oxygen atoms in total. The lowest BCUT2D eigenvalue weighted by atomic mass is 10.2. The summed E-state index contributed by atoms with van der Waals surface area (Å²) in [4.78, 5) is 10.4. The van der Waals surface area contributed by atoms with Crippen molar-refractivity contribution in [3.05, 3.63) is 10.8 Å². The Morgan fingerprint density at radius 3 is 3.18 bits per heavy atom. The van der Waals surface area contributed by atoms with Gasteiger partial charge in [-0.15, -0.1) is 0 Å². The molecule has 0 aromatic carbocycles. The average Bonchev–Trinajstić information content (AvgIpc) is 2.39. The Hall–Kier alpha value is -0.920. The van der Waals surface area contributed by atoms with Crippen LogP contribution in [-0.4, -0.2) is 54.5 Å². The van der Waals surface area contributed by atoms with Crippen LogP contribution in [0.25, 0.3) is 0 Å². The van der Waals surface area contributed by atoms with Crippen molar-refractivity contribution in [3.63, 3.8) is 0 Å². The molecule has 1 aromatic heterocycles. The van der Waals surface area contributed by atoms with Crippen LogP contribution in [0.2, 0.25) is 0 Å². The molecule has 1 fully saturated rings. The topological polar surface area (TPSA) is 70.5 Å². The Morgan fingerprint density at radius 2 is 2.47 bits per heavy atom. The summed E-state index contributed by atoms with van der Waals surface area (Å²) in [5.74, 6) is 1.52. The fourth-order valence-corrected chi connectivity index (χ4v) is 2.45. The lowest BCUT2D eigenvalue weighted by Crippen LogP contribution is -2.48. The zero-order valence-electron chi connectivity index (χ0n) is 9.56. The number of aromatic nitrogens is 2. The van der Waals surface area contributed by atoms with Crippen molar-refractivity contribution >= 4 is 27.6 Å². The standard InChI is InChI=1S/C10H15BrN4O2/c1-12-9-8(11)10(14-6-13-9)15-2-3-17-5-7(15)4-16/h6-7,16H,2-5H2,1H3,(H,12,13,14). The van der Waals surface area contributed by atoms with Crippen molar-refractivity contribution in [2.24, 2.45) is 0 Å². The molecule has 0 spiro atoms. The molecule has 1 aliphatic heterocycles. The van der Waals surface area contributed by atoms with Crippen LogP contribution in [0, 0.1) is 0 Å². The first-order valence-electron chi connectivity index (χ1n) is 5.41. The van der Waals surface area contributed by atoms with Gasteiger partial charge in [0.1, 0.15) is 22.4 Å². The summed E-state index contributed by atoms with van der Waals surface area (Å²) in [6.07, 6.45) is 1.51. The molecule has 2 rings (SSSR count). The van der Waals surface area contributed by atoms with Gasteiger partial charge in [0.05, 0.1) is 25.9 Å². The largest absolute Gasteiger partial charge is 0.394 e. The van der Waals surface area contributed by atoms with Crippen LogP contribution >= 0.6 is 15.9 Å². The molecule has 0 radical (unpaired) electrons. The number of anilines is 2. The minimum absolute atomic E-state index is 0.0470. The minimum Gasteiger partial charge on any atom is -0.394 e. The van der Waals surface area contributed by atoms with E-state index in [0.29, 0.717) is 19.8 Å². The molecule has 1 aliphatic rings. The maximum atomic E-state index is 9.34. The summed E-state index contributed by atoms with van der Waals surface area (Å²) in [5.41, 5.74) is 0. The zero-order chi connectivity index (χ0) is 12.3. The van der Waals surface area contributed by atoms with Crippen LogP contribution in [0.4, 0.5) is 11.6 Å². The Kier molecular flexibility index (Phi) is 4.14. The van der Waals surface area contributed by atoms with Crippen molar-refractivity contribution in [1.29, 1.82) is 0 Å². The number of nitrogens with one attached hydrogen (secondary N) is 1. The molecule has 1 atom stereocenters. The number of halogens is 1. The van der Waals surface area contributed by atoms with E-state index >= 15 is 0 Å². The van der Waals surface area contributed by atoms with E-state index in [0.717, 1.165) is 16.1 Å². The summed E-state index contributed by atoms with van der Waals surface area (Å²) in [5, 5.41) is 12.3. The van der Waals surface area contributed by atoms with Gasteiger partial charge in [0.2, 0.25) is 0 Å². The smallest absolute Gasteiger partial charge is 0.149 e. The lowest BCUT2D eigenvalue weighted by Gasteiger charge is -2.35. The van der Waals surface area contributed by atoms with Gasteiger partial charge in [0.25, 0.3) is 0 Å². The summed E-state index contributed by atoms with van der Waals surface area (Å²) < 4.78 is 6.15. The highest BCUT2D eigenvalue weighted by Gasteiger charge is 2.26. The molecule has 2 heterocycles. The van der Waals surface area contributed by atoms with E-state index in [-0.39, 0.29) is 12.6 Å². The third-order valence-electron chi connectivity index (χ3n) is 2.72. The Bertz CT molecular complexity index is 391. The number of ether oxygens (including phenoxy) is 1. The molecule has 7 heteroatoms. The first-order valence-corrected chi connectivity index (χ1v) is 6.20. The number of rotatable bonds is 3. The third-order valence-corrected chi connectivity index (χ3v) is 3.45. The van der Waals surface area contributed by atoms with Gasteiger partial charge < -0.3 is 20.1 Å². The molecule has 0 saturated carbocycles. The quantitative estimate of drug-likeness (QED) is 0.846. The van der Waals surface area contributed by atoms with Gasteiger partial charge in [-0.3, -0.25) is 0 Å². The number of hydrogen-bond acceptors (Lipinski definition) is 6. The normalized spacial score (nSPS) is 20.4. The first-order chi connectivity index (χ1) is 8.27. The molecule has 17 heavy (non-hydrogen) atoms. The van der Waals surface area contributed by atoms with Crippen molar-refractivity contribution in [2.75, 3.05) is 43.6 Å². The van der Waals surface area contributed by atoms with Crippen molar-refractivity contribution in [1.82, 2.24) is 9.97 Å². The second kappa shape index (κ2) is 5.61. The predicted octanol–water partition coefficient (Wildman–Crippen LogP) is 0.478. The lowest BCUT2D eigenvalue weighted by molar-refractivity contribution is 0.0722. The van der Waals surface area contributed by atoms with Gasteiger partial charge in [0.15, 0.2) is 0 Å². The number of aliphatic hydroxyl groups is 1. The molecule has 94 valence electrons. The fourth-order valence-electron chi connectivity index (χ4n) is 1.82. The highest BCUT2D eigenvalue weighted by molar-refractivity contribution is 9.10. The molecular weight excluding hydrogens is 288 g/mol. The second-order valence-corrected chi connectivity index (χ2v) is 4.51. The van der Waals surface area contributed by atoms with Gasteiger partial charge >= 0.3 is 0 Å². The van der Waals surface area contributed by atoms with Crippen LogP contribution in [0.1, 0.15) is 0 Å². The van der Waals surface area contributed by atoms with E-state index in [1.807, 2.05) is 4.90 Å². The molecule has 1 saturated heterocycles. The van der Waals surface area contributed by atoms with Crippen LogP contribution in [0.5, 0.6) is 0 Å². The molecule has 0 aliphatic carbocycles. The monoisotopic (exact) mass is 302 g/mol. The first kappa shape index (κ1) is 12.5. The number of nitrogens with zero attached hydrogens (tertiary/aromatic N) is 3. The van der Waals surface area contributed by atoms with E-state index in [1.54, 1.807) is 7.05 Å². The molecule has 0 bridgehead atoms. The molecule has 0 amide bonds. The van der Waals surface area contributed by atoms with Gasteiger partial charge in [-0.2, -0.15) is 0 Å². The van der Waals surface area contributed by atoms with Gasteiger partial charge in [-0.1, -0.05) is 0 Å². The van der Waals surface area contributed by atoms with Crippen molar-refractivity contribution in [3.8, 4) is 0 Å². The molecule has 2 N–H and O–H groups in total. The van der Waals surface area contributed by atoms with Crippen LogP contribution < -0.4 is 10.2 Å². The summed E-state index contributed by atoms with van der Waals surface area (Å²) in [6, 6.07) is -0.0559. The Balaban J connectivity index is 2.31. The van der Waals surface area contributed by atoms with Crippen molar-refractivity contribution in [2.45, 2.75) is 6.04 Å². The second-order valence-electron chi connectivity index (χ2n) is 3.71. The number of aliphatic hydroxyl groups excluding tert-OH is 1. The van der Waals surface area contributed by atoms with E-state index in [4.69, 9.17) is 4.74 Å². The van der Waals surface area contributed by atoms with Crippen LogP contribution in [-0.2, 0) is 4.74 Å². The maximum absolute atomic E-state index is 9.34. The Morgan fingerprint density at radius 1 is 1.65 bits per heavy atom. The number of hydrogen-bond donors (Lipinski definition) is 2. The van der Waals surface area contributed by atoms with Gasteiger partial charge in [-0.25, -0.2) is 9.97 Å². The highest BCUT2D eigenvalue weighted by atomic mass is 79.9. The zero-order valence-corrected chi connectivity index (χ0v) is 11.1. The van der Waals surface area contributed by atoms with Crippen LogP contribution in [0.3, 0.4) is 0 Å². The summed E-state index contributed by atoms with van der Waals surface area (Å²) >= 11 is 3.48.